The van der Waals surface area contributed by atoms with E-state index in [0.717, 1.165) is 22.0 Å². The molecule has 0 bridgehead atoms. The van der Waals surface area contributed by atoms with Crippen molar-refractivity contribution in [2.24, 2.45) is 5.73 Å². The minimum absolute atomic E-state index is 0.0680. The van der Waals surface area contributed by atoms with Gasteiger partial charge in [0.1, 0.15) is 18.6 Å². The van der Waals surface area contributed by atoms with Gasteiger partial charge in [0.15, 0.2) is 0 Å². The van der Waals surface area contributed by atoms with Crippen molar-refractivity contribution in [3.8, 4) is 0 Å². The van der Waals surface area contributed by atoms with Gasteiger partial charge in [-0.15, -0.1) is 0 Å². The molecule has 1 aromatic heterocycles. The number of aromatic nitrogens is 1. The number of aliphatic hydroxyl groups excluding tert-OH is 1. The highest BCUT2D eigenvalue weighted by Gasteiger charge is 2.31. The number of nitrogens with two attached hydrogens (primary N) is 1. The van der Waals surface area contributed by atoms with Gasteiger partial charge in [0.05, 0.1) is 12.1 Å². The van der Waals surface area contributed by atoms with Gasteiger partial charge in [0.2, 0.25) is 17.7 Å². The summed E-state index contributed by atoms with van der Waals surface area (Å²) in [6, 6.07) is 12.8. The Kier molecular flexibility index (Phi) is 9.36. The van der Waals surface area contributed by atoms with Crippen LogP contribution in [0.25, 0.3) is 10.9 Å². The van der Waals surface area contributed by atoms with Crippen molar-refractivity contribution in [3.05, 3.63) is 71.9 Å². The second-order valence-corrected chi connectivity index (χ2v) is 8.76. The smallest absolute Gasteiger partial charge is 0.322 e. The summed E-state index contributed by atoms with van der Waals surface area (Å²) < 4.78 is 0. The maximum absolute atomic E-state index is 13.0. The van der Waals surface area contributed by atoms with Crippen molar-refractivity contribution in [1.82, 2.24) is 20.9 Å². The molecule has 37 heavy (non-hydrogen) atoms. The van der Waals surface area contributed by atoms with Gasteiger partial charge in [-0.3, -0.25) is 19.2 Å². The zero-order valence-electron chi connectivity index (χ0n) is 20.3. The number of amides is 3. The molecule has 4 atom stereocenters. The Morgan fingerprint density at radius 1 is 0.919 bits per heavy atom. The highest BCUT2D eigenvalue weighted by molar-refractivity contribution is 5.94. The molecule has 2 aromatic carbocycles. The first-order chi connectivity index (χ1) is 17.7. The van der Waals surface area contributed by atoms with Gasteiger partial charge in [-0.05, 0) is 30.5 Å². The summed E-state index contributed by atoms with van der Waals surface area (Å²) in [6.07, 6.45) is 0.723. The number of carbonyl (C=O) groups excluding carboxylic acids is 3. The first-order valence-electron chi connectivity index (χ1n) is 11.8. The third-order valence-electron chi connectivity index (χ3n) is 5.84. The third kappa shape index (κ3) is 7.63. The van der Waals surface area contributed by atoms with Crippen LogP contribution in [0.5, 0.6) is 0 Å². The van der Waals surface area contributed by atoms with Crippen LogP contribution >= 0.6 is 0 Å². The SMILES string of the molecule is CC(O)C(NC(=O)C(N)Cc1c[nH]c2ccccc12)C(=O)NC(Cc1ccccc1)C(=O)NCC(=O)O. The lowest BCUT2D eigenvalue weighted by Gasteiger charge is -2.25. The van der Waals surface area contributed by atoms with E-state index in [1.807, 2.05) is 24.3 Å². The van der Waals surface area contributed by atoms with Crippen molar-refractivity contribution in [2.45, 2.75) is 44.0 Å². The molecule has 0 radical (unpaired) electrons. The molecule has 3 aromatic rings. The zero-order valence-corrected chi connectivity index (χ0v) is 20.3. The fourth-order valence-corrected chi connectivity index (χ4v) is 3.90. The van der Waals surface area contributed by atoms with Crippen LogP contribution < -0.4 is 21.7 Å². The average molecular weight is 510 g/mol. The predicted octanol–water partition coefficient (Wildman–Crippen LogP) is -0.168. The summed E-state index contributed by atoms with van der Waals surface area (Å²) in [5.74, 6) is -3.42. The molecule has 4 unspecified atom stereocenters. The lowest BCUT2D eigenvalue weighted by Crippen LogP contribution is -2.59. The van der Waals surface area contributed by atoms with E-state index in [1.165, 1.54) is 6.92 Å². The molecule has 8 N–H and O–H groups in total. The number of fused-ring (bicyclic) bond motifs is 1. The van der Waals surface area contributed by atoms with Crippen molar-refractivity contribution in [2.75, 3.05) is 6.54 Å². The van der Waals surface area contributed by atoms with E-state index in [2.05, 4.69) is 20.9 Å². The Labute approximate surface area is 213 Å². The highest BCUT2D eigenvalue weighted by atomic mass is 16.4. The van der Waals surface area contributed by atoms with Crippen molar-refractivity contribution < 1.29 is 29.4 Å². The Hall–Kier alpha value is -4.22. The largest absolute Gasteiger partial charge is 0.480 e. The molecule has 11 nitrogen and oxygen atoms in total. The van der Waals surface area contributed by atoms with Gasteiger partial charge < -0.3 is 36.9 Å². The van der Waals surface area contributed by atoms with Gasteiger partial charge in [0, 0.05) is 23.5 Å². The molecule has 1 heterocycles. The number of carboxylic acids is 1. The molecule has 0 aliphatic rings. The summed E-state index contributed by atoms with van der Waals surface area (Å²) in [7, 11) is 0. The normalized spacial score (nSPS) is 14.2. The molecule has 0 aliphatic heterocycles. The van der Waals surface area contributed by atoms with Crippen molar-refractivity contribution in [1.29, 1.82) is 0 Å². The summed E-state index contributed by atoms with van der Waals surface area (Å²) in [5.41, 5.74) is 8.56. The minimum atomic E-state index is -1.40. The quantitative estimate of drug-likeness (QED) is 0.177. The van der Waals surface area contributed by atoms with Gasteiger partial charge in [0.25, 0.3) is 0 Å². The number of hydrogen-bond donors (Lipinski definition) is 7. The summed E-state index contributed by atoms with van der Waals surface area (Å²) in [6.45, 7) is 0.700. The molecular formula is C26H31N5O6. The van der Waals surface area contributed by atoms with Crippen LogP contribution in [0.15, 0.2) is 60.8 Å². The fraction of sp³-hybridized carbons (Fsp3) is 0.308. The number of aromatic amines is 1. The van der Waals surface area contributed by atoms with E-state index in [4.69, 9.17) is 10.8 Å². The topological polar surface area (TPSA) is 187 Å². The van der Waals surface area contributed by atoms with Crippen LogP contribution in [0.2, 0.25) is 0 Å². The molecular weight excluding hydrogens is 478 g/mol. The first kappa shape index (κ1) is 27.4. The molecule has 3 amide bonds. The first-order valence-corrected chi connectivity index (χ1v) is 11.8. The summed E-state index contributed by atoms with van der Waals surface area (Å²) in [5, 5.41) is 27.3. The maximum Gasteiger partial charge on any atom is 0.322 e. The average Bonchev–Trinajstić information content (AvgIpc) is 3.28. The summed E-state index contributed by atoms with van der Waals surface area (Å²) in [4.78, 5) is 52.5. The second kappa shape index (κ2) is 12.7. The summed E-state index contributed by atoms with van der Waals surface area (Å²) >= 11 is 0. The second-order valence-electron chi connectivity index (χ2n) is 8.76. The van der Waals surface area contributed by atoms with E-state index < -0.39 is 54.5 Å². The van der Waals surface area contributed by atoms with Gasteiger partial charge in [-0.2, -0.15) is 0 Å². The minimum Gasteiger partial charge on any atom is -0.480 e. The molecule has 0 aliphatic carbocycles. The zero-order chi connectivity index (χ0) is 26.9. The monoisotopic (exact) mass is 509 g/mol. The number of aliphatic carboxylic acids is 1. The number of nitrogens with one attached hydrogen (secondary N) is 4. The van der Waals surface area contributed by atoms with E-state index in [0.29, 0.717) is 0 Å². The molecule has 0 spiro atoms. The Morgan fingerprint density at radius 3 is 2.27 bits per heavy atom. The van der Waals surface area contributed by atoms with Crippen LogP contribution in [-0.4, -0.2) is 69.7 Å². The number of carboxylic acid groups (broad SMARTS) is 1. The number of hydrogen-bond acceptors (Lipinski definition) is 6. The van der Waals surface area contributed by atoms with Crippen molar-refractivity contribution >= 4 is 34.6 Å². The number of carbonyl (C=O) groups is 4. The molecule has 0 saturated carbocycles. The van der Waals surface area contributed by atoms with E-state index in [9.17, 15) is 24.3 Å². The van der Waals surface area contributed by atoms with Crippen molar-refractivity contribution in [3.63, 3.8) is 0 Å². The van der Waals surface area contributed by atoms with Crippen LogP contribution in [0, 0.1) is 0 Å². The van der Waals surface area contributed by atoms with Crippen LogP contribution in [-0.2, 0) is 32.0 Å². The van der Waals surface area contributed by atoms with Gasteiger partial charge in [-0.1, -0.05) is 48.5 Å². The Morgan fingerprint density at radius 2 is 1.59 bits per heavy atom. The molecule has 0 saturated heterocycles. The lowest BCUT2D eigenvalue weighted by atomic mass is 10.0. The van der Waals surface area contributed by atoms with Gasteiger partial charge >= 0.3 is 5.97 Å². The number of rotatable bonds is 12. The predicted molar refractivity (Wildman–Crippen MR) is 136 cm³/mol. The Bertz CT molecular complexity index is 1240. The van der Waals surface area contributed by atoms with E-state index in [1.54, 1.807) is 36.5 Å². The molecule has 11 heteroatoms. The molecule has 0 fully saturated rings. The standard InChI is InChI=1S/C26H31N5O6/c1-15(32)23(31-24(35)19(27)12-17-13-28-20-10-6-5-9-18(17)20)26(37)30-21(25(36)29-14-22(33)34)11-16-7-3-2-4-8-16/h2-10,13,15,19,21,23,28,32H,11-12,14,27H2,1H3,(H,29,36)(H,30,37)(H,31,35)(H,33,34). The van der Waals surface area contributed by atoms with E-state index in [-0.39, 0.29) is 12.8 Å². The number of para-hydroxylation sites is 1. The van der Waals surface area contributed by atoms with Crippen LogP contribution in [0.3, 0.4) is 0 Å². The number of H-pyrrole nitrogens is 1. The van der Waals surface area contributed by atoms with E-state index >= 15 is 0 Å². The highest BCUT2D eigenvalue weighted by Crippen LogP contribution is 2.18. The molecule has 3 rings (SSSR count). The molecule has 196 valence electrons. The maximum atomic E-state index is 13.0. The van der Waals surface area contributed by atoms with Crippen LogP contribution in [0.4, 0.5) is 0 Å². The lowest BCUT2D eigenvalue weighted by molar-refractivity contribution is -0.138. The van der Waals surface area contributed by atoms with Gasteiger partial charge in [-0.25, -0.2) is 0 Å². The third-order valence-corrected chi connectivity index (χ3v) is 5.84. The fourth-order valence-electron chi connectivity index (χ4n) is 3.90. The number of benzene rings is 2. The number of aliphatic hydroxyl groups is 1. The Balaban J connectivity index is 1.69. The van der Waals surface area contributed by atoms with Crippen LogP contribution in [0.1, 0.15) is 18.1 Å².